The second-order valence-corrected chi connectivity index (χ2v) is 8.41. The zero-order chi connectivity index (χ0) is 23.4. The molecule has 0 radical (unpaired) electrons. The maximum Gasteiger partial charge on any atom is 0.268 e. The highest BCUT2D eigenvalue weighted by Crippen LogP contribution is 2.25. The summed E-state index contributed by atoms with van der Waals surface area (Å²) >= 11 is 6.06. The fourth-order valence-corrected chi connectivity index (χ4v) is 3.93. The van der Waals surface area contributed by atoms with Gasteiger partial charge in [0, 0.05) is 36.1 Å². The van der Waals surface area contributed by atoms with E-state index in [4.69, 9.17) is 22.1 Å². The van der Waals surface area contributed by atoms with Crippen LogP contribution in [0.2, 0.25) is 5.02 Å². The number of nitrogens with zero attached hydrogens (tertiary/aromatic N) is 2. The SMILES string of the molecule is Cc1cnc(N[C@H]2CCOC[C@H]2F)nc1-c1c[nH]c(C(=O)N[C@H](CN)c2cccc(Cl)c2)c1. The summed E-state index contributed by atoms with van der Waals surface area (Å²) in [6, 6.07) is 8.15. The average molecular weight is 473 g/mol. The van der Waals surface area contributed by atoms with Crippen molar-refractivity contribution in [2.75, 3.05) is 25.1 Å². The molecule has 3 heterocycles. The molecule has 0 saturated carbocycles. The molecule has 1 saturated heterocycles. The molecule has 1 aromatic carbocycles. The molecule has 0 spiro atoms. The predicted octanol–water partition coefficient (Wildman–Crippen LogP) is 3.40. The Hall–Kier alpha value is -3.01. The molecule has 1 fully saturated rings. The highest BCUT2D eigenvalue weighted by atomic mass is 35.5. The largest absolute Gasteiger partial charge is 0.378 e. The Morgan fingerprint density at radius 2 is 2.27 bits per heavy atom. The number of benzene rings is 1. The fraction of sp³-hybridized carbons (Fsp3) is 0.348. The summed E-state index contributed by atoms with van der Waals surface area (Å²) in [6.45, 7) is 2.65. The van der Waals surface area contributed by atoms with E-state index in [1.807, 2.05) is 19.1 Å². The molecule has 2 aromatic heterocycles. The zero-order valence-corrected chi connectivity index (χ0v) is 18.9. The second kappa shape index (κ2) is 10.3. The number of aromatic amines is 1. The van der Waals surface area contributed by atoms with E-state index >= 15 is 0 Å². The molecule has 4 rings (SSSR count). The molecule has 174 valence electrons. The molecule has 1 aliphatic heterocycles. The van der Waals surface area contributed by atoms with Gasteiger partial charge in [-0.25, -0.2) is 14.4 Å². The molecule has 0 unspecified atom stereocenters. The zero-order valence-electron chi connectivity index (χ0n) is 18.1. The Bertz CT molecular complexity index is 1120. The van der Waals surface area contributed by atoms with Crippen LogP contribution < -0.4 is 16.4 Å². The maximum absolute atomic E-state index is 14.1. The van der Waals surface area contributed by atoms with E-state index < -0.39 is 12.2 Å². The first-order chi connectivity index (χ1) is 15.9. The van der Waals surface area contributed by atoms with Crippen molar-refractivity contribution < 1.29 is 13.9 Å². The molecule has 1 aliphatic rings. The molecular weight excluding hydrogens is 447 g/mol. The number of amides is 1. The molecule has 0 aliphatic carbocycles. The van der Waals surface area contributed by atoms with Crippen molar-refractivity contribution >= 4 is 23.5 Å². The quantitative estimate of drug-likeness (QED) is 0.418. The minimum absolute atomic E-state index is 0.0612. The lowest BCUT2D eigenvalue weighted by Gasteiger charge is -2.26. The topological polar surface area (TPSA) is 118 Å². The Labute approximate surface area is 196 Å². The number of carbonyl (C=O) groups is 1. The van der Waals surface area contributed by atoms with Crippen molar-refractivity contribution in [1.29, 1.82) is 0 Å². The molecule has 5 N–H and O–H groups in total. The monoisotopic (exact) mass is 472 g/mol. The van der Waals surface area contributed by atoms with Crippen LogP contribution in [0.3, 0.4) is 0 Å². The number of nitrogens with one attached hydrogen (secondary N) is 3. The summed E-state index contributed by atoms with van der Waals surface area (Å²) in [5.41, 5.74) is 9.26. The van der Waals surface area contributed by atoms with E-state index in [-0.39, 0.29) is 25.1 Å². The van der Waals surface area contributed by atoms with Gasteiger partial charge in [0.1, 0.15) is 11.9 Å². The Morgan fingerprint density at radius 3 is 3.03 bits per heavy atom. The predicted molar refractivity (Wildman–Crippen MR) is 125 cm³/mol. The molecular formula is C23H26ClFN6O2. The number of rotatable bonds is 7. The van der Waals surface area contributed by atoms with Crippen molar-refractivity contribution in [2.24, 2.45) is 5.73 Å². The number of nitrogens with two attached hydrogens (primary N) is 1. The van der Waals surface area contributed by atoms with E-state index in [0.29, 0.717) is 35.4 Å². The van der Waals surface area contributed by atoms with Crippen LogP contribution in [0.4, 0.5) is 10.3 Å². The first-order valence-electron chi connectivity index (χ1n) is 10.7. The lowest BCUT2D eigenvalue weighted by atomic mass is 10.1. The lowest BCUT2D eigenvalue weighted by Crippen LogP contribution is -2.39. The van der Waals surface area contributed by atoms with Crippen LogP contribution >= 0.6 is 11.6 Å². The summed E-state index contributed by atoms with van der Waals surface area (Å²) in [7, 11) is 0. The van der Waals surface area contributed by atoms with E-state index in [0.717, 1.165) is 16.7 Å². The smallest absolute Gasteiger partial charge is 0.268 e. The fourth-order valence-electron chi connectivity index (χ4n) is 3.74. The molecule has 8 nitrogen and oxygen atoms in total. The lowest BCUT2D eigenvalue weighted by molar-refractivity contribution is 0.0284. The molecule has 33 heavy (non-hydrogen) atoms. The van der Waals surface area contributed by atoms with Gasteiger partial charge in [-0.2, -0.15) is 0 Å². The van der Waals surface area contributed by atoms with Gasteiger partial charge in [0.2, 0.25) is 5.95 Å². The van der Waals surface area contributed by atoms with Gasteiger partial charge in [-0.1, -0.05) is 23.7 Å². The molecule has 0 bridgehead atoms. The number of halogens is 2. The van der Waals surface area contributed by atoms with Crippen molar-refractivity contribution in [3.63, 3.8) is 0 Å². The van der Waals surface area contributed by atoms with Gasteiger partial charge in [-0.05, 0) is 42.7 Å². The number of anilines is 1. The van der Waals surface area contributed by atoms with Gasteiger partial charge in [0.25, 0.3) is 5.91 Å². The van der Waals surface area contributed by atoms with Gasteiger partial charge < -0.3 is 26.1 Å². The van der Waals surface area contributed by atoms with E-state index in [1.54, 1.807) is 30.6 Å². The van der Waals surface area contributed by atoms with Crippen LogP contribution in [0.15, 0.2) is 42.7 Å². The van der Waals surface area contributed by atoms with E-state index in [2.05, 4.69) is 25.6 Å². The van der Waals surface area contributed by atoms with E-state index in [9.17, 15) is 9.18 Å². The normalized spacial score (nSPS) is 19.2. The third kappa shape index (κ3) is 5.50. The molecule has 1 amide bonds. The van der Waals surface area contributed by atoms with Gasteiger partial charge in [-0.15, -0.1) is 0 Å². The summed E-state index contributed by atoms with van der Waals surface area (Å²) in [5.74, 6) is 0.0331. The Balaban J connectivity index is 1.49. The number of carbonyl (C=O) groups excluding carboxylic acids is 1. The Kier molecular flexibility index (Phi) is 7.22. The minimum Gasteiger partial charge on any atom is -0.378 e. The van der Waals surface area contributed by atoms with Crippen LogP contribution in [0.1, 0.15) is 34.1 Å². The minimum atomic E-state index is -1.12. The van der Waals surface area contributed by atoms with E-state index in [1.165, 1.54) is 0 Å². The number of ether oxygens (including phenoxy) is 1. The van der Waals surface area contributed by atoms with Crippen LogP contribution in [-0.4, -0.2) is 52.8 Å². The summed E-state index contributed by atoms with van der Waals surface area (Å²) in [4.78, 5) is 24.7. The molecule has 3 aromatic rings. The number of H-pyrrole nitrogens is 1. The third-order valence-electron chi connectivity index (χ3n) is 5.57. The van der Waals surface area contributed by atoms with Crippen molar-refractivity contribution in [2.45, 2.75) is 31.6 Å². The number of hydrogen-bond acceptors (Lipinski definition) is 6. The number of aryl methyl sites for hydroxylation is 1. The summed E-state index contributed by atoms with van der Waals surface area (Å²) < 4.78 is 19.2. The van der Waals surface area contributed by atoms with Crippen molar-refractivity contribution in [3.8, 4) is 11.3 Å². The van der Waals surface area contributed by atoms with Crippen molar-refractivity contribution in [3.05, 3.63) is 64.6 Å². The number of alkyl halides is 1. The van der Waals surface area contributed by atoms with Gasteiger partial charge >= 0.3 is 0 Å². The van der Waals surface area contributed by atoms with Gasteiger partial charge in [0.05, 0.1) is 24.4 Å². The van der Waals surface area contributed by atoms with Gasteiger partial charge in [0.15, 0.2) is 0 Å². The van der Waals surface area contributed by atoms with Crippen LogP contribution in [0.25, 0.3) is 11.3 Å². The van der Waals surface area contributed by atoms with Crippen LogP contribution in [-0.2, 0) is 4.74 Å². The first-order valence-corrected chi connectivity index (χ1v) is 11.1. The first kappa shape index (κ1) is 23.2. The van der Waals surface area contributed by atoms with Crippen LogP contribution in [0, 0.1) is 6.92 Å². The summed E-state index contributed by atoms with van der Waals surface area (Å²) in [6.07, 6.45) is 2.80. The Morgan fingerprint density at radius 1 is 1.42 bits per heavy atom. The molecule has 3 atom stereocenters. The number of hydrogen-bond donors (Lipinski definition) is 4. The number of aromatic nitrogens is 3. The third-order valence-corrected chi connectivity index (χ3v) is 5.80. The van der Waals surface area contributed by atoms with Crippen LogP contribution in [0.5, 0.6) is 0 Å². The summed E-state index contributed by atoms with van der Waals surface area (Å²) in [5, 5.41) is 6.56. The van der Waals surface area contributed by atoms with Crippen molar-refractivity contribution in [1.82, 2.24) is 20.3 Å². The highest BCUT2D eigenvalue weighted by molar-refractivity contribution is 6.30. The maximum atomic E-state index is 14.1. The second-order valence-electron chi connectivity index (χ2n) is 7.97. The molecule has 10 heteroatoms. The average Bonchev–Trinajstić information content (AvgIpc) is 3.30. The highest BCUT2D eigenvalue weighted by Gasteiger charge is 2.26. The van der Waals surface area contributed by atoms with Gasteiger partial charge in [-0.3, -0.25) is 4.79 Å². The standard InChI is InChI=1S/C23H26ClFN6O2/c1-13-10-28-23(30-18-5-6-33-12-17(18)25)31-21(13)15-8-19(27-11-15)22(32)29-20(9-26)14-3-2-4-16(24)7-14/h2-4,7-8,10-11,17-18,20,27H,5-6,9,12,26H2,1H3,(H,29,32)(H,28,30,31)/t17-,18+,20-/m1/s1.